The smallest absolute Gasteiger partial charge is 0.242 e. The molecule has 7 nitrogen and oxygen atoms in total. The highest BCUT2D eigenvalue weighted by Crippen LogP contribution is 2.29. The Morgan fingerprint density at radius 1 is 1.04 bits per heavy atom. The average molecular weight is 378 g/mol. The Balaban J connectivity index is 2.14. The van der Waals surface area contributed by atoms with Gasteiger partial charge in [0.1, 0.15) is 11.5 Å². The van der Waals surface area contributed by atoms with Crippen LogP contribution in [0.1, 0.15) is 12.5 Å². The quantitative estimate of drug-likeness (QED) is 0.771. The number of benzene rings is 2. The highest BCUT2D eigenvalue weighted by Gasteiger charge is 2.23. The van der Waals surface area contributed by atoms with Crippen LogP contribution in [0, 0.1) is 6.92 Å². The lowest BCUT2D eigenvalue weighted by Gasteiger charge is -2.16. The lowest BCUT2D eigenvalue weighted by atomic mass is 10.2. The van der Waals surface area contributed by atoms with Gasteiger partial charge in [0.2, 0.25) is 15.9 Å². The number of aryl methyl sites for hydroxylation is 1. The summed E-state index contributed by atoms with van der Waals surface area (Å²) < 4.78 is 37.5. The summed E-state index contributed by atoms with van der Waals surface area (Å²) in [7, 11) is -0.830. The Hall–Kier alpha value is -2.58. The molecule has 0 aliphatic carbocycles. The van der Waals surface area contributed by atoms with Crippen LogP contribution in [0.3, 0.4) is 0 Å². The van der Waals surface area contributed by atoms with Crippen molar-refractivity contribution in [2.45, 2.75) is 24.8 Å². The molecule has 0 heterocycles. The molecule has 140 valence electrons. The van der Waals surface area contributed by atoms with Crippen molar-refractivity contribution < 1.29 is 22.7 Å². The molecule has 0 spiro atoms. The molecule has 8 heteroatoms. The van der Waals surface area contributed by atoms with E-state index in [1.807, 2.05) is 6.92 Å². The molecule has 0 aromatic heterocycles. The number of sulfonamides is 1. The summed E-state index contributed by atoms with van der Waals surface area (Å²) >= 11 is 0. The van der Waals surface area contributed by atoms with Gasteiger partial charge in [0.05, 0.1) is 30.8 Å². The Kier molecular flexibility index (Phi) is 6.23. The van der Waals surface area contributed by atoms with Gasteiger partial charge < -0.3 is 14.8 Å². The number of hydrogen-bond donors (Lipinski definition) is 2. The summed E-state index contributed by atoms with van der Waals surface area (Å²) in [6.45, 7) is 3.33. The molecule has 0 aliphatic heterocycles. The van der Waals surface area contributed by atoms with E-state index in [0.29, 0.717) is 17.2 Å². The standard InChI is InChI=1S/C18H22N2O5S/c1-12-5-8-15(9-6-12)26(22,23)20-13(2)18(21)19-16-11-14(24-3)7-10-17(16)25-4/h5-11,13,20H,1-4H3,(H,19,21). The van der Waals surface area contributed by atoms with Gasteiger partial charge in [0.15, 0.2) is 0 Å². The molecule has 2 N–H and O–H groups in total. The van der Waals surface area contributed by atoms with Gasteiger partial charge in [0, 0.05) is 6.07 Å². The van der Waals surface area contributed by atoms with E-state index in [1.165, 1.54) is 33.3 Å². The van der Waals surface area contributed by atoms with E-state index in [0.717, 1.165) is 5.56 Å². The number of nitrogens with one attached hydrogen (secondary N) is 2. The Morgan fingerprint density at radius 2 is 1.69 bits per heavy atom. The van der Waals surface area contributed by atoms with Gasteiger partial charge in [0.25, 0.3) is 0 Å². The van der Waals surface area contributed by atoms with Crippen molar-refractivity contribution in [1.29, 1.82) is 0 Å². The van der Waals surface area contributed by atoms with Crippen molar-refractivity contribution in [2.75, 3.05) is 19.5 Å². The van der Waals surface area contributed by atoms with Gasteiger partial charge in [-0.3, -0.25) is 4.79 Å². The first-order chi connectivity index (χ1) is 12.3. The van der Waals surface area contributed by atoms with Gasteiger partial charge in [-0.25, -0.2) is 8.42 Å². The van der Waals surface area contributed by atoms with Gasteiger partial charge in [-0.1, -0.05) is 17.7 Å². The molecule has 0 bridgehead atoms. The van der Waals surface area contributed by atoms with Crippen LogP contribution in [0.25, 0.3) is 0 Å². The molecule has 0 saturated carbocycles. The molecule has 1 unspecified atom stereocenters. The predicted octanol–water partition coefficient (Wildman–Crippen LogP) is 2.32. The zero-order valence-electron chi connectivity index (χ0n) is 15.1. The molecule has 0 radical (unpaired) electrons. The molecule has 2 aromatic carbocycles. The molecule has 0 aliphatic rings. The van der Waals surface area contributed by atoms with Crippen LogP contribution in [-0.4, -0.2) is 34.6 Å². The fourth-order valence-electron chi connectivity index (χ4n) is 2.22. The molecule has 0 saturated heterocycles. The molecule has 2 rings (SSSR count). The minimum absolute atomic E-state index is 0.0988. The van der Waals surface area contributed by atoms with E-state index in [1.54, 1.807) is 30.3 Å². The second-order valence-corrected chi connectivity index (χ2v) is 7.43. The number of hydrogen-bond acceptors (Lipinski definition) is 5. The molecular weight excluding hydrogens is 356 g/mol. The zero-order chi connectivity index (χ0) is 19.3. The van der Waals surface area contributed by atoms with Gasteiger partial charge in [-0.2, -0.15) is 4.72 Å². The fraction of sp³-hybridized carbons (Fsp3) is 0.278. The fourth-order valence-corrected chi connectivity index (χ4v) is 3.43. The van der Waals surface area contributed by atoms with Crippen LogP contribution in [0.2, 0.25) is 0 Å². The summed E-state index contributed by atoms with van der Waals surface area (Å²) in [5.74, 6) is 0.453. The number of anilines is 1. The SMILES string of the molecule is COc1ccc(OC)c(NC(=O)C(C)NS(=O)(=O)c2ccc(C)cc2)c1. The lowest BCUT2D eigenvalue weighted by molar-refractivity contribution is -0.117. The third-order valence-electron chi connectivity index (χ3n) is 3.72. The minimum atomic E-state index is -3.81. The van der Waals surface area contributed by atoms with E-state index in [9.17, 15) is 13.2 Å². The topological polar surface area (TPSA) is 93.7 Å². The van der Waals surface area contributed by atoms with E-state index in [2.05, 4.69) is 10.0 Å². The molecule has 2 aromatic rings. The van der Waals surface area contributed by atoms with E-state index < -0.39 is 22.0 Å². The first-order valence-corrected chi connectivity index (χ1v) is 9.37. The summed E-state index contributed by atoms with van der Waals surface area (Å²) in [5, 5.41) is 2.65. The second kappa shape index (κ2) is 8.20. The third kappa shape index (κ3) is 4.74. The highest BCUT2D eigenvalue weighted by atomic mass is 32.2. The summed E-state index contributed by atoms with van der Waals surface area (Å²) in [4.78, 5) is 12.5. The van der Waals surface area contributed by atoms with Gasteiger partial charge >= 0.3 is 0 Å². The first kappa shape index (κ1) is 19.7. The van der Waals surface area contributed by atoms with Crippen molar-refractivity contribution in [3.05, 3.63) is 48.0 Å². The summed E-state index contributed by atoms with van der Waals surface area (Å²) in [5.41, 5.74) is 1.33. The highest BCUT2D eigenvalue weighted by molar-refractivity contribution is 7.89. The lowest BCUT2D eigenvalue weighted by Crippen LogP contribution is -2.41. The Bertz CT molecular complexity index is 879. The van der Waals surface area contributed by atoms with E-state index in [-0.39, 0.29) is 4.90 Å². The molecule has 1 atom stereocenters. The van der Waals surface area contributed by atoms with Crippen LogP contribution in [0.15, 0.2) is 47.4 Å². The Labute approximate surface area is 153 Å². The molecule has 26 heavy (non-hydrogen) atoms. The minimum Gasteiger partial charge on any atom is -0.497 e. The van der Waals surface area contributed by atoms with Crippen LogP contribution in [0.4, 0.5) is 5.69 Å². The monoisotopic (exact) mass is 378 g/mol. The molecule has 1 amide bonds. The normalized spacial score (nSPS) is 12.3. The first-order valence-electron chi connectivity index (χ1n) is 7.88. The van der Waals surface area contributed by atoms with Crippen LogP contribution in [0.5, 0.6) is 11.5 Å². The molecular formula is C18H22N2O5S. The number of rotatable bonds is 7. The molecule has 0 fully saturated rings. The van der Waals surface area contributed by atoms with Crippen molar-refractivity contribution in [1.82, 2.24) is 4.72 Å². The van der Waals surface area contributed by atoms with Crippen LogP contribution < -0.4 is 19.5 Å². The van der Waals surface area contributed by atoms with Crippen molar-refractivity contribution in [2.24, 2.45) is 0 Å². The van der Waals surface area contributed by atoms with Crippen LogP contribution in [-0.2, 0) is 14.8 Å². The van der Waals surface area contributed by atoms with E-state index >= 15 is 0 Å². The second-order valence-electron chi connectivity index (χ2n) is 5.71. The third-order valence-corrected chi connectivity index (χ3v) is 5.28. The Morgan fingerprint density at radius 3 is 2.27 bits per heavy atom. The number of methoxy groups -OCH3 is 2. The average Bonchev–Trinajstić information content (AvgIpc) is 2.61. The largest absolute Gasteiger partial charge is 0.497 e. The number of ether oxygens (including phenoxy) is 2. The summed E-state index contributed by atoms with van der Waals surface area (Å²) in [6.07, 6.45) is 0. The van der Waals surface area contributed by atoms with Crippen molar-refractivity contribution in [3.63, 3.8) is 0 Å². The zero-order valence-corrected chi connectivity index (χ0v) is 15.9. The maximum absolute atomic E-state index is 12.4. The van der Waals surface area contributed by atoms with E-state index in [4.69, 9.17) is 9.47 Å². The van der Waals surface area contributed by atoms with Crippen molar-refractivity contribution in [3.8, 4) is 11.5 Å². The number of carbonyl (C=O) groups excluding carboxylic acids is 1. The maximum Gasteiger partial charge on any atom is 0.242 e. The number of amides is 1. The van der Waals surface area contributed by atoms with Gasteiger partial charge in [-0.15, -0.1) is 0 Å². The van der Waals surface area contributed by atoms with Crippen molar-refractivity contribution >= 4 is 21.6 Å². The van der Waals surface area contributed by atoms with Gasteiger partial charge in [-0.05, 0) is 38.1 Å². The summed E-state index contributed by atoms with van der Waals surface area (Å²) in [6, 6.07) is 10.3. The van der Waals surface area contributed by atoms with Crippen LogP contribution >= 0.6 is 0 Å². The maximum atomic E-state index is 12.4. The number of carbonyl (C=O) groups is 1. The predicted molar refractivity (Wildman–Crippen MR) is 99.1 cm³/mol.